The number of nitrogens with two attached hydrogens (primary N) is 2. The third-order valence-electron chi connectivity index (χ3n) is 1.48. The monoisotopic (exact) mass is 171 g/mol. The molecular formula is C6H9N3OS. The molecule has 0 saturated heterocycles. The number of hydrazine groups is 1. The first-order chi connectivity index (χ1) is 5.13. The van der Waals surface area contributed by atoms with E-state index in [0.717, 1.165) is 11.4 Å². The van der Waals surface area contributed by atoms with Crippen LogP contribution < -0.4 is 11.6 Å². The lowest BCUT2D eigenvalue weighted by Crippen LogP contribution is -2.43. The lowest BCUT2D eigenvalue weighted by atomic mass is 10.1. The summed E-state index contributed by atoms with van der Waals surface area (Å²) in [6, 6.07) is 0. The average molecular weight is 171 g/mol. The zero-order valence-corrected chi connectivity index (χ0v) is 6.73. The molecule has 0 aromatic carbocycles. The molecule has 1 amide bonds. The van der Waals surface area contributed by atoms with Gasteiger partial charge in [0.1, 0.15) is 4.99 Å². The highest BCUT2D eigenvalue weighted by atomic mass is 32.1. The Bertz CT molecular complexity index is 236. The summed E-state index contributed by atoms with van der Waals surface area (Å²) in [5.74, 6) is 5.05. The van der Waals surface area contributed by atoms with Gasteiger partial charge in [0.15, 0.2) is 0 Å². The number of thiocarbonyl (C=S) groups is 1. The number of nitrogens with zero attached hydrogens (tertiary/aromatic N) is 1. The average Bonchev–Trinajstić information content (AvgIpc) is 1.94. The van der Waals surface area contributed by atoms with Crippen LogP contribution in [0.5, 0.6) is 0 Å². The highest BCUT2D eigenvalue weighted by Crippen LogP contribution is 2.07. The number of carbonyl (C=O) groups is 1. The minimum atomic E-state index is -0.288. The highest BCUT2D eigenvalue weighted by molar-refractivity contribution is 7.80. The molecule has 5 heteroatoms. The first kappa shape index (κ1) is 8.16. The molecule has 0 unspecified atom stereocenters. The minimum absolute atomic E-state index is 0.116. The van der Waals surface area contributed by atoms with Crippen molar-refractivity contribution in [2.45, 2.75) is 6.42 Å². The normalized spacial score (nSPS) is 18.1. The fraction of sp³-hybridized carbons (Fsp3) is 0.333. The van der Waals surface area contributed by atoms with Gasteiger partial charge in [0.2, 0.25) is 0 Å². The standard InChI is InChI=1S/C6H9N3OS/c7-5(11)4-2-1-3-9(8)6(4)10/h2H,1,3,8H2,(H2,7,11). The number of carbonyl (C=O) groups excluding carboxylic acids is 1. The Morgan fingerprint density at radius 3 is 2.82 bits per heavy atom. The molecule has 1 heterocycles. The van der Waals surface area contributed by atoms with Gasteiger partial charge in [-0.15, -0.1) is 0 Å². The number of amides is 1. The Morgan fingerprint density at radius 2 is 2.36 bits per heavy atom. The van der Waals surface area contributed by atoms with Crippen molar-refractivity contribution in [1.29, 1.82) is 0 Å². The van der Waals surface area contributed by atoms with Gasteiger partial charge in [-0.05, 0) is 6.42 Å². The van der Waals surface area contributed by atoms with Crippen molar-refractivity contribution in [3.05, 3.63) is 11.6 Å². The fourth-order valence-electron chi connectivity index (χ4n) is 0.898. The maximum atomic E-state index is 11.1. The Labute approximate surface area is 69.8 Å². The van der Waals surface area contributed by atoms with Crippen molar-refractivity contribution in [3.8, 4) is 0 Å². The molecule has 0 saturated carbocycles. The predicted octanol–water partition coefficient (Wildman–Crippen LogP) is -0.695. The van der Waals surface area contributed by atoms with E-state index in [1.165, 1.54) is 0 Å². The lowest BCUT2D eigenvalue weighted by Gasteiger charge is -2.21. The third-order valence-corrected chi connectivity index (χ3v) is 1.70. The summed E-state index contributed by atoms with van der Waals surface area (Å²) in [6.45, 7) is 0.533. The maximum absolute atomic E-state index is 11.1. The zero-order valence-electron chi connectivity index (χ0n) is 5.91. The van der Waals surface area contributed by atoms with Gasteiger partial charge in [0.25, 0.3) is 5.91 Å². The maximum Gasteiger partial charge on any atom is 0.270 e. The van der Waals surface area contributed by atoms with Crippen LogP contribution in [0.4, 0.5) is 0 Å². The van der Waals surface area contributed by atoms with Gasteiger partial charge in [-0.25, -0.2) is 5.84 Å². The molecule has 1 aliphatic rings. The van der Waals surface area contributed by atoms with Crippen LogP contribution in [0, 0.1) is 0 Å². The van der Waals surface area contributed by atoms with Gasteiger partial charge in [-0.2, -0.15) is 0 Å². The van der Waals surface area contributed by atoms with E-state index in [2.05, 4.69) is 12.2 Å². The molecule has 4 N–H and O–H groups in total. The van der Waals surface area contributed by atoms with E-state index in [0.29, 0.717) is 12.1 Å². The van der Waals surface area contributed by atoms with Crippen LogP contribution in [0.3, 0.4) is 0 Å². The van der Waals surface area contributed by atoms with Crippen LogP contribution in [-0.2, 0) is 4.79 Å². The predicted molar refractivity (Wildman–Crippen MR) is 45.4 cm³/mol. The van der Waals surface area contributed by atoms with Crippen LogP contribution in [0.1, 0.15) is 6.42 Å². The number of hydrogen-bond acceptors (Lipinski definition) is 3. The molecule has 0 aromatic rings. The van der Waals surface area contributed by atoms with Gasteiger partial charge in [0.05, 0.1) is 5.57 Å². The van der Waals surface area contributed by atoms with Crippen molar-refractivity contribution in [3.63, 3.8) is 0 Å². The van der Waals surface area contributed by atoms with E-state index in [-0.39, 0.29) is 10.9 Å². The molecule has 1 aliphatic heterocycles. The molecule has 60 valence electrons. The summed E-state index contributed by atoms with van der Waals surface area (Å²) in [7, 11) is 0. The quantitative estimate of drug-likeness (QED) is 0.311. The summed E-state index contributed by atoms with van der Waals surface area (Å²) in [5, 5.41) is 1.12. The molecule has 0 fully saturated rings. The molecule has 1 rings (SSSR count). The summed E-state index contributed by atoms with van der Waals surface area (Å²) >= 11 is 4.65. The molecule has 0 spiro atoms. The lowest BCUT2D eigenvalue weighted by molar-refractivity contribution is -0.127. The Kier molecular flexibility index (Phi) is 2.21. The highest BCUT2D eigenvalue weighted by Gasteiger charge is 2.20. The molecule has 0 bridgehead atoms. The van der Waals surface area contributed by atoms with Gasteiger partial charge >= 0.3 is 0 Å². The topological polar surface area (TPSA) is 72.3 Å². The molecule has 11 heavy (non-hydrogen) atoms. The second-order valence-electron chi connectivity index (χ2n) is 2.27. The third kappa shape index (κ3) is 1.55. The van der Waals surface area contributed by atoms with E-state index >= 15 is 0 Å². The van der Waals surface area contributed by atoms with Crippen LogP contribution in [0.15, 0.2) is 11.6 Å². The van der Waals surface area contributed by atoms with Gasteiger partial charge < -0.3 is 5.73 Å². The zero-order chi connectivity index (χ0) is 8.43. The summed E-state index contributed by atoms with van der Waals surface area (Å²) < 4.78 is 0. The Morgan fingerprint density at radius 1 is 1.73 bits per heavy atom. The summed E-state index contributed by atoms with van der Waals surface area (Å²) in [4.78, 5) is 11.2. The van der Waals surface area contributed by atoms with E-state index in [1.54, 1.807) is 6.08 Å². The molecule has 4 nitrogen and oxygen atoms in total. The first-order valence-corrected chi connectivity index (χ1v) is 3.60. The second-order valence-corrected chi connectivity index (χ2v) is 2.71. The smallest absolute Gasteiger partial charge is 0.270 e. The summed E-state index contributed by atoms with van der Waals surface area (Å²) in [5.41, 5.74) is 5.64. The van der Waals surface area contributed by atoms with E-state index in [9.17, 15) is 4.79 Å². The fourth-order valence-corrected chi connectivity index (χ4v) is 1.07. The van der Waals surface area contributed by atoms with E-state index < -0.39 is 0 Å². The Hall–Kier alpha value is -0.940. The molecule has 0 aliphatic carbocycles. The van der Waals surface area contributed by atoms with Gasteiger partial charge in [0, 0.05) is 6.54 Å². The van der Waals surface area contributed by atoms with Crippen molar-refractivity contribution in [2.75, 3.05) is 6.54 Å². The van der Waals surface area contributed by atoms with Crippen molar-refractivity contribution < 1.29 is 4.79 Å². The Balaban J connectivity index is 2.87. The van der Waals surface area contributed by atoms with E-state index in [1.807, 2.05) is 0 Å². The minimum Gasteiger partial charge on any atom is -0.389 e. The summed E-state index contributed by atoms with van der Waals surface area (Å²) in [6.07, 6.45) is 2.43. The SMILES string of the molecule is NC(=S)C1=CCCN(N)C1=O. The van der Waals surface area contributed by atoms with Crippen molar-refractivity contribution in [2.24, 2.45) is 11.6 Å². The van der Waals surface area contributed by atoms with Crippen molar-refractivity contribution >= 4 is 23.1 Å². The van der Waals surface area contributed by atoms with E-state index in [4.69, 9.17) is 11.6 Å². The molecular weight excluding hydrogens is 162 g/mol. The van der Waals surface area contributed by atoms with Gasteiger partial charge in [-0.3, -0.25) is 9.80 Å². The van der Waals surface area contributed by atoms with Gasteiger partial charge in [-0.1, -0.05) is 18.3 Å². The first-order valence-electron chi connectivity index (χ1n) is 3.19. The molecule has 0 aromatic heterocycles. The second kappa shape index (κ2) is 2.98. The number of hydrogen-bond donors (Lipinski definition) is 2. The number of rotatable bonds is 1. The largest absolute Gasteiger partial charge is 0.389 e. The van der Waals surface area contributed by atoms with Crippen LogP contribution >= 0.6 is 12.2 Å². The van der Waals surface area contributed by atoms with Crippen LogP contribution in [0.2, 0.25) is 0 Å². The van der Waals surface area contributed by atoms with Crippen molar-refractivity contribution in [1.82, 2.24) is 5.01 Å². The molecule has 0 atom stereocenters. The van der Waals surface area contributed by atoms with Crippen LogP contribution in [-0.4, -0.2) is 22.4 Å². The van der Waals surface area contributed by atoms with Crippen LogP contribution in [0.25, 0.3) is 0 Å². The molecule has 0 radical (unpaired) electrons.